The molecule has 114 valence electrons. The molecule has 0 saturated carbocycles. The molecule has 0 radical (unpaired) electrons. The highest BCUT2D eigenvalue weighted by atomic mass is 16.5. The Bertz CT molecular complexity index is 479. The minimum Gasteiger partial charge on any atom is -0.385 e. The number of nitrogens with one attached hydrogen (secondary N) is 1. The molecule has 1 atom stereocenters. The first-order valence-electron chi connectivity index (χ1n) is 7.04. The van der Waals surface area contributed by atoms with Crippen LogP contribution in [0.1, 0.15) is 18.9 Å². The fraction of sp³-hybridized carbons (Fsp3) is 0.500. The second-order valence-electron chi connectivity index (χ2n) is 5.02. The molecule has 0 aliphatic heterocycles. The number of amides is 1. The van der Waals surface area contributed by atoms with E-state index in [9.17, 15) is 4.79 Å². The molecule has 1 aromatic carbocycles. The Hall–Kier alpha value is -1.90. The van der Waals surface area contributed by atoms with Gasteiger partial charge in [-0.1, -0.05) is 12.1 Å². The SMILES string of the molecule is COCCCN(C)C(C)C(=O)Nc1ccc(CC#N)cc1. The predicted molar refractivity (Wildman–Crippen MR) is 83.0 cm³/mol. The molecule has 0 aliphatic carbocycles. The van der Waals surface area contributed by atoms with E-state index < -0.39 is 0 Å². The van der Waals surface area contributed by atoms with Crippen LogP contribution in [0, 0.1) is 11.3 Å². The number of benzene rings is 1. The molecule has 1 aromatic rings. The molecule has 1 amide bonds. The molecule has 0 spiro atoms. The zero-order chi connectivity index (χ0) is 15.7. The maximum Gasteiger partial charge on any atom is 0.241 e. The number of carbonyl (C=O) groups excluding carboxylic acids is 1. The monoisotopic (exact) mass is 289 g/mol. The van der Waals surface area contributed by atoms with Gasteiger partial charge in [-0.2, -0.15) is 5.26 Å². The Morgan fingerprint density at radius 3 is 2.67 bits per heavy atom. The van der Waals surface area contributed by atoms with E-state index in [-0.39, 0.29) is 11.9 Å². The van der Waals surface area contributed by atoms with Crippen molar-refractivity contribution in [2.24, 2.45) is 0 Å². The molecule has 5 heteroatoms. The van der Waals surface area contributed by atoms with E-state index in [2.05, 4.69) is 11.4 Å². The molecule has 1 rings (SSSR count). The second-order valence-corrected chi connectivity index (χ2v) is 5.02. The lowest BCUT2D eigenvalue weighted by Crippen LogP contribution is -2.40. The predicted octanol–water partition coefficient (Wildman–Crippen LogP) is 2.05. The lowest BCUT2D eigenvalue weighted by atomic mass is 10.1. The first kappa shape index (κ1) is 17.2. The summed E-state index contributed by atoms with van der Waals surface area (Å²) < 4.78 is 5.01. The van der Waals surface area contributed by atoms with Crippen molar-refractivity contribution in [1.29, 1.82) is 5.26 Å². The number of anilines is 1. The van der Waals surface area contributed by atoms with E-state index in [0.717, 1.165) is 24.2 Å². The number of nitrogens with zero attached hydrogens (tertiary/aromatic N) is 2. The molecular formula is C16H23N3O2. The van der Waals surface area contributed by atoms with Gasteiger partial charge in [0.15, 0.2) is 0 Å². The number of rotatable bonds is 8. The molecule has 5 nitrogen and oxygen atoms in total. The zero-order valence-electron chi connectivity index (χ0n) is 12.9. The summed E-state index contributed by atoms with van der Waals surface area (Å²) >= 11 is 0. The van der Waals surface area contributed by atoms with Crippen molar-refractivity contribution in [3.63, 3.8) is 0 Å². The van der Waals surface area contributed by atoms with E-state index in [0.29, 0.717) is 13.0 Å². The van der Waals surface area contributed by atoms with Crippen molar-refractivity contribution < 1.29 is 9.53 Å². The van der Waals surface area contributed by atoms with Crippen LogP contribution in [-0.4, -0.2) is 44.2 Å². The summed E-state index contributed by atoms with van der Waals surface area (Å²) in [7, 11) is 3.60. The van der Waals surface area contributed by atoms with Crippen LogP contribution in [0.25, 0.3) is 0 Å². The summed E-state index contributed by atoms with van der Waals surface area (Å²) in [6.45, 7) is 3.38. The minimum absolute atomic E-state index is 0.0389. The Labute approximate surface area is 126 Å². The number of hydrogen-bond acceptors (Lipinski definition) is 4. The third-order valence-electron chi connectivity index (χ3n) is 3.40. The van der Waals surface area contributed by atoms with Crippen LogP contribution in [0.4, 0.5) is 5.69 Å². The highest BCUT2D eigenvalue weighted by molar-refractivity contribution is 5.94. The Morgan fingerprint density at radius 1 is 1.43 bits per heavy atom. The number of nitriles is 1. The van der Waals surface area contributed by atoms with Crippen LogP contribution in [0.5, 0.6) is 0 Å². The van der Waals surface area contributed by atoms with Gasteiger partial charge in [0.1, 0.15) is 0 Å². The summed E-state index contributed by atoms with van der Waals surface area (Å²) in [4.78, 5) is 14.2. The molecule has 1 unspecified atom stereocenters. The fourth-order valence-corrected chi connectivity index (χ4v) is 1.90. The van der Waals surface area contributed by atoms with Crippen molar-refractivity contribution >= 4 is 11.6 Å². The smallest absolute Gasteiger partial charge is 0.241 e. The van der Waals surface area contributed by atoms with Crippen LogP contribution in [0.15, 0.2) is 24.3 Å². The first-order chi connectivity index (χ1) is 10.1. The van der Waals surface area contributed by atoms with Crippen molar-refractivity contribution in [1.82, 2.24) is 4.90 Å². The van der Waals surface area contributed by atoms with Crippen molar-refractivity contribution in [2.75, 3.05) is 32.6 Å². The highest BCUT2D eigenvalue weighted by Crippen LogP contribution is 2.11. The quantitative estimate of drug-likeness (QED) is 0.744. The lowest BCUT2D eigenvalue weighted by Gasteiger charge is -2.23. The summed E-state index contributed by atoms with van der Waals surface area (Å²) in [5.41, 5.74) is 1.69. The molecular weight excluding hydrogens is 266 g/mol. The van der Waals surface area contributed by atoms with E-state index >= 15 is 0 Å². The lowest BCUT2D eigenvalue weighted by molar-refractivity contribution is -0.120. The molecule has 21 heavy (non-hydrogen) atoms. The maximum atomic E-state index is 12.2. The topological polar surface area (TPSA) is 65.4 Å². The number of ether oxygens (including phenoxy) is 1. The Morgan fingerprint density at radius 2 is 2.10 bits per heavy atom. The Balaban J connectivity index is 2.49. The van der Waals surface area contributed by atoms with Gasteiger partial charge in [-0.05, 0) is 38.1 Å². The summed E-state index contributed by atoms with van der Waals surface area (Å²) in [6, 6.07) is 9.24. The summed E-state index contributed by atoms with van der Waals surface area (Å²) in [5.74, 6) is -0.0389. The van der Waals surface area contributed by atoms with E-state index in [1.54, 1.807) is 7.11 Å². The van der Waals surface area contributed by atoms with Gasteiger partial charge in [-0.25, -0.2) is 0 Å². The maximum absolute atomic E-state index is 12.2. The third-order valence-corrected chi connectivity index (χ3v) is 3.40. The normalized spacial score (nSPS) is 12.0. The minimum atomic E-state index is -0.208. The third kappa shape index (κ3) is 5.94. The van der Waals surface area contributed by atoms with Gasteiger partial charge in [-0.3, -0.25) is 9.69 Å². The standard InChI is InChI=1S/C16H23N3O2/c1-13(19(2)11-4-12-21-3)16(20)18-15-7-5-14(6-8-15)9-10-17/h5-8,13H,4,9,11-12H2,1-3H3,(H,18,20). The van der Waals surface area contributed by atoms with Gasteiger partial charge in [0, 0.05) is 25.9 Å². The Kier molecular flexibility index (Phi) is 7.44. The van der Waals surface area contributed by atoms with Crippen molar-refractivity contribution in [2.45, 2.75) is 25.8 Å². The van der Waals surface area contributed by atoms with E-state index in [1.807, 2.05) is 43.1 Å². The first-order valence-corrected chi connectivity index (χ1v) is 7.04. The van der Waals surface area contributed by atoms with Crippen LogP contribution in [0.3, 0.4) is 0 Å². The van der Waals surface area contributed by atoms with Gasteiger partial charge < -0.3 is 10.1 Å². The molecule has 1 N–H and O–H groups in total. The number of carbonyl (C=O) groups is 1. The van der Waals surface area contributed by atoms with E-state index in [1.165, 1.54) is 0 Å². The zero-order valence-corrected chi connectivity index (χ0v) is 12.9. The van der Waals surface area contributed by atoms with Gasteiger partial charge in [0.2, 0.25) is 5.91 Å². The van der Waals surface area contributed by atoms with Crippen molar-refractivity contribution in [3.05, 3.63) is 29.8 Å². The number of hydrogen-bond donors (Lipinski definition) is 1. The largest absolute Gasteiger partial charge is 0.385 e. The molecule has 0 heterocycles. The van der Waals surface area contributed by atoms with Crippen LogP contribution < -0.4 is 5.32 Å². The highest BCUT2D eigenvalue weighted by Gasteiger charge is 2.17. The average molecular weight is 289 g/mol. The van der Waals surface area contributed by atoms with Gasteiger partial charge in [-0.15, -0.1) is 0 Å². The van der Waals surface area contributed by atoms with Crippen molar-refractivity contribution in [3.8, 4) is 6.07 Å². The van der Waals surface area contributed by atoms with Crippen LogP contribution in [-0.2, 0) is 16.0 Å². The fourth-order valence-electron chi connectivity index (χ4n) is 1.90. The molecule has 0 fully saturated rings. The summed E-state index contributed by atoms with van der Waals surface area (Å²) in [6.07, 6.45) is 1.28. The molecule has 0 aromatic heterocycles. The molecule has 0 aliphatic rings. The molecule has 0 bridgehead atoms. The second kappa shape index (κ2) is 9.11. The van der Waals surface area contributed by atoms with E-state index in [4.69, 9.17) is 10.00 Å². The van der Waals surface area contributed by atoms with Gasteiger partial charge >= 0.3 is 0 Å². The number of likely N-dealkylation sites (N-methyl/N-ethyl adjacent to an activating group) is 1. The number of methoxy groups -OCH3 is 1. The van der Waals surface area contributed by atoms with Gasteiger partial charge in [0.25, 0.3) is 0 Å². The summed E-state index contributed by atoms with van der Waals surface area (Å²) in [5, 5.41) is 11.5. The van der Waals surface area contributed by atoms with Crippen LogP contribution in [0.2, 0.25) is 0 Å². The van der Waals surface area contributed by atoms with Gasteiger partial charge in [0.05, 0.1) is 18.5 Å². The molecule has 0 saturated heterocycles. The average Bonchev–Trinajstić information content (AvgIpc) is 2.48. The van der Waals surface area contributed by atoms with Crippen LogP contribution >= 0.6 is 0 Å².